The van der Waals surface area contributed by atoms with E-state index in [9.17, 15) is 0 Å². The maximum absolute atomic E-state index is 5.56. The van der Waals surface area contributed by atoms with E-state index in [1.807, 2.05) is 6.92 Å². The molecule has 0 saturated carbocycles. The number of nitrogens with zero attached hydrogens (tertiary/aromatic N) is 1. The van der Waals surface area contributed by atoms with Crippen molar-refractivity contribution in [3.8, 4) is 0 Å². The van der Waals surface area contributed by atoms with Crippen LogP contribution in [0.5, 0.6) is 0 Å². The number of hydrogen-bond acceptors (Lipinski definition) is 6. The number of ether oxygens (including phenoxy) is 5. The van der Waals surface area contributed by atoms with Gasteiger partial charge in [-0.1, -0.05) is 19.8 Å². The van der Waals surface area contributed by atoms with E-state index < -0.39 is 0 Å². The normalized spacial score (nSPS) is 11.5. The van der Waals surface area contributed by atoms with Crippen LogP contribution in [0.3, 0.4) is 0 Å². The van der Waals surface area contributed by atoms with Gasteiger partial charge in [0.15, 0.2) is 0 Å². The molecule has 24 heavy (non-hydrogen) atoms. The molecule has 0 N–H and O–H groups in total. The summed E-state index contributed by atoms with van der Waals surface area (Å²) in [5, 5.41) is 0. The summed E-state index contributed by atoms with van der Waals surface area (Å²) >= 11 is 0. The van der Waals surface area contributed by atoms with Crippen LogP contribution < -0.4 is 0 Å². The molecule has 0 aliphatic carbocycles. The van der Waals surface area contributed by atoms with Crippen LogP contribution in [0.25, 0.3) is 0 Å². The molecule has 0 spiro atoms. The van der Waals surface area contributed by atoms with Crippen LogP contribution in [0.1, 0.15) is 33.1 Å². The van der Waals surface area contributed by atoms with Crippen LogP contribution in [0.4, 0.5) is 0 Å². The molecule has 146 valence electrons. The quantitative estimate of drug-likeness (QED) is 0.314. The lowest BCUT2D eigenvalue weighted by molar-refractivity contribution is 0.0107. The highest BCUT2D eigenvalue weighted by atomic mass is 16.5. The lowest BCUT2D eigenvalue weighted by Crippen LogP contribution is -2.28. The zero-order valence-corrected chi connectivity index (χ0v) is 16.1. The molecule has 0 heterocycles. The minimum Gasteiger partial charge on any atom is -0.379 e. The fourth-order valence-electron chi connectivity index (χ4n) is 1.91. The second-order valence-electron chi connectivity index (χ2n) is 5.66. The molecule has 0 bridgehead atoms. The van der Waals surface area contributed by atoms with Gasteiger partial charge in [-0.3, -0.25) is 0 Å². The van der Waals surface area contributed by atoms with Gasteiger partial charge in [0, 0.05) is 26.3 Å². The summed E-state index contributed by atoms with van der Waals surface area (Å²) in [5.41, 5.74) is 0. The molecule has 0 aliphatic rings. The van der Waals surface area contributed by atoms with Crippen molar-refractivity contribution in [3.63, 3.8) is 0 Å². The van der Waals surface area contributed by atoms with Crippen molar-refractivity contribution in [2.75, 3.05) is 86.2 Å². The highest BCUT2D eigenvalue weighted by Gasteiger charge is 1.99. The molecule has 0 aliphatic heterocycles. The molecule has 0 atom stereocenters. The molecule has 6 heteroatoms. The molecule has 0 aromatic heterocycles. The van der Waals surface area contributed by atoms with E-state index in [1.54, 1.807) is 0 Å². The molecule has 0 unspecified atom stereocenters. The highest BCUT2D eigenvalue weighted by Crippen LogP contribution is 1.94. The Bertz CT molecular complexity index is 209. The third-order valence-electron chi connectivity index (χ3n) is 3.45. The van der Waals surface area contributed by atoms with Gasteiger partial charge >= 0.3 is 0 Å². The van der Waals surface area contributed by atoms with Crippen LogP contribution >= 0.6 is 0 Å². The molecule has 0 saturated heterocycles. The van der Waals surface area contributed by atoms with Gasteiger partial charge in [-0.05, 0) is 20.4 Å². The zero-order chi connectivity index (χ0) is 17.7. The Morgan fingerprint density at radius 2 is 1.00 bits per heavy atom. The molecular weight excluding hydrogens is 310 g/mol. The first-order valence-corrected chi connectivity index (χ1v) is 9.38. The van der Waals surface area contributed by atoms with Crippen LogP contribution in [0.15, 0.2) is 0 Å². The van der Waals surface area contributed by atoms with E-state index in [4.69, 9.17) is 23.7 Å². The lowest BCUT2D eigenvalue weighted by Gasteiger charge is -2.16. The Balaban J connectivity index is 3.12. The van der Waals surface area contributed by atoms with E-state index in [1.165, 1.54) is 12.8 Å². The summed E-state index contributed by atoms with van der Waals surface area (Å²) in [6.45, 7) is 12.9. The number of hydrogen-bond donors (Lipinski definition) is 0. The Labute approximate surface area is 148 Å². The highest BCUT2D eigenvalue weighted by molar-refractivity contribution is 4.49. The molecule has 0 fully saturated rings. The second-order valence-corrected chi connectivity index (χ2v) is 5.66. The Kier molecular flexibility index (Phi) is 20.6. The summed E-state index contributed by atoms with van der Waals surface area (Å²) in [6, 6.07) is 0. The van der Waals surface area contributed by atoms with E-state index in [2.05, 4.69) is 18.9 Å². The van der Waals surface area contributed by atoms with Gasteiger partial charge in [-0.25, -0.2) is 0 Å². The van der Waals surface area contributed by atoms with Crippen molar-refractivity contribution >= 4 is 0 Å². The minimum absolute atomic E-state index is 0.623. The van der Waals surface area contributed by atoms with Crippen molar-refractivity contribution in [1.82, 2.24) is 4.90 Å². The first kappa shape index (κ1) is 23.8. The Morgan fingerprint density at radius 1 is 0.542 bits per heavy atom. The monoisotopic (exact) mass is 349 g/mol. The minimum atomic E-state index is 0.623. The first-order chi connectivity index (χ1) is 11.8. The second kappa shape index (κ2) is 20.8. The van der Waals surface area contributed by atoms with Crippen molar-refractivity contribution in [1.29, 1.82) is 0 Å². The standard InChI is InChI=1S/C18H39NO5/c1-4-6-7-10-21-15-16-22-11-8-19(3)9-12-23-17-18-24-14-13-20-5-2/h4-18H2,1-3H3. The third-order valence-corrected chi connectivity index (χ3v) is 3.45. The Hall–Kier alpha value is -0.240. The van der Waals surface area contributed by atoms with Crippen molar-refractivity contribution < 1.29 is 23.7 Å². The fraction of sp³-hybridized carbons (Fsp3) is 1.00. The zero-order valence-electron chi connectivity index (χ0n) is 16.1. The average molecular weight is 350 g/mol. The summed E-state index contributed by atoms with van der Waals surface area (Å²) in [7, 11) is 2.08. The van der Waals surface area contributed by atoms with Gasteiger partial charge in [0.1, 0.15) is 0 Å². The molecule has 0 radical (unpaired) electrons. The summed E-state index contributed by atoms with van der Waals surface area (Å²) in [6.07, 6.45) is 3.63. The lowest BCUT2D eigenvalue weighted by atomic mass is 10.3. The number of rotatable bonds is 20. The molecule has 0 amide bonds. The van der Waals surface area contributed by atoms with E-state index in [0.29, 0.717) is 46.2 Å². The van der Waals surface area contributed by atoms with Crippen LogP contribution in [-0.2, 0) is 23.7 Å². The number of unbranched alkanes of at least 4 members (excludes halogenated alkanes) is 2. The van der Waals surface area contributed by atoms with E-state index in [0.717, 1.165) is 39.3 Å². The first-order valence-electron chi connectivity index (χ1n) is 9.38. The van der Waals surface area contributed by atoms with Gasteiger partial charge in [0.2, 0.25) is 0 Å². The van der Waals surface area contributed by atoms with E-state index in [-0.39, 0.29) is 0 Å². The van der Waals surface area contributed by atoms with Crippen molar-refractivity contribution in [2.24, 2.45) is 0 Å². The fourth-order valence-corrected chi connectivity index (χ4v) is 1.91. The van der Waals surface area contributed by atoms with Gasteiger partial charge in [-0.2, -0.15) is 0 Å². The summed E-state index contributed by atoms with van der Waals surface area (Å²) in [4.78, 5) is 2.21. The predicted molar refractivity (Wildman–Crippen MR) is 96.8 cm³/mol. The van der Waals surface area contributed by atoms with Crippen molar-refractivity contribution in [3.05, 3.63) is 0 Å². The van der Waals surface area contributed by atoms with Gasteiger partial charge in [0.25, 0.3) is 0 Å². The molecule has 0 aromatic rings. The topological polar surface area (TPSA) is 49.4 Å². The van der Waals surface area contributed by atoms with Crippen LogP contribution in [0.2, 0.25) is 0 Å². The smallest absolute Gasteiger partial charge is 0.0701 e. The maximum Gasteiger partial charge on any atom is 0.0701 e. The van der Waals surface area contributed by atoms with Gasteiger partial charge in [-0.15, -0.1) is 0 Å². The molecule has 0 rings (SSSR count). The molecule has 0 aromatic carbocycles. The average Bonchev–Trinajstić information content (AvgIpc) is 2.59. The maximum atomic E-state index is 5.56. The van der Waals surface area contributed by atoms with Crippen molar-refractivity contribution in [2.45, 2.75) is 33.1 Å². The SMILES string of the molecule is CCCCCOCCOCCN(C)CCOCCOCCOCC. The largest absolute Gasteiger partial charge is 0.379 e. The van der Waals surface area contributed by atoms with Gasteiger partial charge < -0.3 is 28.6 Å². The summed E-state index contributed by atoms with van der Waals surface area (Å²) < 4.78 is 27.2. The van der Waals surface area contributed by atoms with Crippen LogP contribution in [0, 0.1) is 0 Å². The Morgan fingerprint density at radius 3 is 1.50 bits per heavy atom. The predicted octanol–water partition coefficient (Wildman–Crippen LogP) is 2.21. The third kappa shape index (κ3) is 19.8. The van der Waals surface area contributed by atoms with Crippen LogP contribution in [-0.4, -0.2) is 91.1 Å². The number of likely N-dealkylation sites (N-methyl/N-ethyl adjacent to an activating group) is 1. The molecular formula is C18H39NO5. The van der Waals surface area contributed by atoms with E-state index >= 15 is 0 Å². The summed E-state index contributed by atoms with van der Waals surface area (Å²) in [5.74, 6) is 0. The van der Waals surface area contributed by atoms with Gasteiger partial charge in [0.05, 0.1) is 52.9 Å². The molecule has 6 nitrogen and oxygen atoms in total.